The Bertz CT molecular complexity index is 398. The summed E-state index contributed by atoms with van der Waals surface area (Å²) in [6.45, 7) is 0. The van der Waals surface area contributed by atoms with Crippen LogP contribution in [0.1, 0.15) is 43.1 Å². The van der Waals surface area contributed by atoms with E-state index < -0.39 is 0 Å². The number of aliphatic hydroxyl groups is 1. The predicted octanol–water partition coefficient (Wildman–Crippen LogP) is 5.13. The van der Waals surface area contributed by atoms with E-state index in [2.05, 4.69) is 31.9 Å². The molecule has 2 aliphatic carbocycles. The molecule has 2 fully saturated rings. The van der Waals surface area contributed by atoms with Gasteiger partial charge < -0.3 is 5.11 Å². The normalized spacial score (nSPS) is 33.2. The van der Waals surface area contributed by atoms with Gasteiger partial charge in [-0.05, 0) is 81.4 Å². The summed E-state index contributed by atoms with van der Waals surface area (Å²) >= 11 is 8.62. The summed E-state index contributed by atoms with van der Waals surface area (Å²) in [5.74, 6) is 2.64. The lowest BCUT2D eigenvalue weighted by Crippen LogP contribution is -2.13. The Labute approximate surface area is 123 Å². The molecule has 0 aliphatic heterocycles. The number of aliphatic hydroxyl groups excluding tert-OH is 1. The first-order chi connectivity index (χ1) is 8.13. The van der Waals surface area contributed by atoms with Crippen molar-refractivity contribution in [2.75, 3.05) is 0 Å². The molecular weight excluding hydrogens is 364 g/mol. The molecule has 0 spiro atoms. The maximum absolute atomic E-state index is 10.3. The standard InChI is InChI=1S/C13H16Br2OS/c14-10-6-12(17-13(10)15)11(16)5-9-4-7-1-2-8(9)3-7/h6-9,11,16H,1-5H2. The van der Waals surface area contributed by atoms with E-state index in [1.54, 1.807) is 11.3 Å². The minimum Gasteiger partial charge on any atom is -0.388 e. The lowest BCUT2D eigenvalue weighted by atomic mass is 9.84. The van der Waals surface area contributed by atoms with Crippen LogP contribution in [0.3, 0.4) is 0 Å². The van der Waals surface area contributed by atoms with Gasteiger partial charge in [0.2, 0.25) is 0 Å². The van der Waals surface area contributed by atoms with E-state index >= 15 is 0 Å². The van der Waals surface area contributed by atoms with Gasteiger partial charge in [0.1, 0.15) is 0 Å². The summed E-state index contributed by atoms with van der Waals surface area (Å²) in [5.41, 5.74) is 0. The van der Waals surface area contributed by atoms with Crippen molar-refractivity contribution in [1.82, 2.24) is 0 Å². The molecule has 4 atom stereocenters. The van der Waals surface area contributed by atoms with E-state index in [1.807, 2.05) is 6.07 Å². The van der Waals surface area contributed by atoms with E-state index in [0.717, 1.165) is 37.3 Å². The molecule has 0 saturated heterocycles. The topological polar surface area (TPSA) is 20.2 Å². The fourth-order valence-corrected chi connectivity index (χ4v) is 5.68. The molecule has 1 heterocycles. The van der Waals surface area contributed by atoms with Gasteiger partial charge >= 0.3 is 0 Å². The van der Waals surface area contributed by atoms with Gasteiger partial charge in [-0.15, -0.1) is 11.3 Å². The van der Waals surface area contributed by atoms with Crippen LogP contribution in [0.4, 0.5) is 0 Å². The smallest absolute Gasteiger partial charge is 0.0885 e. The monoisotopic (exact) mass is 378 g/mol. The maximum Gasteiger partial charge on any atom is 0.0885 e. The first-order valence-electron chi connectivity index (χ1n) is 6.26. The third-order valence-electron chi connectivity index (χ3n) is 4.40. The molecule has 0 aromatic carbocycles. The second-order valence-electron chi connectivity index (χ2n) is 5.46. The van der Waals surface area contributed by atoms with E-state index in [9.17, 15) is 5.11 Å². The van der Waals surface area contributed by atoms with Crippen molar-refractivity contribution in [2.24, 2.45) is 17.8 Å². The van der Waals surface area contributed by atoms with Gasteiger partial charge in [-0.1, -0.05) is 6.42 Å². The highest BCUT2D eigenvalue weighted by Gasteiger charge is 2.40. The highest BCUT2D eigenvalue weighted by atomic mass is 79.9. The van der Waals surface area contributed by atoms with Gasteiger partial charge in [-0.25, -0.2) is 0 Å². The Morgan fingerprint density at radius 1 is 1.35 bits per heavy atom. The maximum atomic E-state index is 10.3. The Morgan fingerprint density at radius 3 is 2.71 bits per heavy atom. The molecule has 1 aromatic heterocycles. The molecule has 1 N–H and O–H groups in total. The summed E-state index contributed by atoms with van der Waals surface area (Å²) in [7, 11) is 0. The molecule has 0 radical (unpaired) electrons. The Kier molecular flexibility index (Phi) is 3.68. The first-order valence-corrected chi connectivity index (χ1v) is 8.66. The minimum atomic E-state index is -0.271. The number of fused-ring (bicyclic) bond motifs is 2. The summed E-state index contributed by atoms with van der Waals surface area (Å²) in [6, 6.07) is 2.05. The summed E-state index contributed by atoms with van der Waals surface area (Å²) < 4.78 is 2.14. The van der Waals surface area contributed by atoms with Crippen molar-refractivity contribution in [1.29, 1.82) is 0 Å². The first kappa shape index (κ1) is 12.6. The summed E-state index contributed by atoms with van der Waals surface area (Å²) in [5, 5.41) is 10.3. The van der Waals surface area contributed by atoms with Crippen molar-refractivity contribution in [3.63, 3.8) is 0 Å². The molecule has 2 aliphatic rings. The molecular formula is C13H16Br2OS. The second-order valence-corrected chi connectivity index (χ2v) is 8.71. The van der Waals surface area contributed by atoms with Crippen molar-refractivity contribution in [3.8, 4) is 0 Å². The van der Waals surface area contributed by atoms with Gasteiger partial charge in [0.25, 0.3) is 0 Å². The minimum absolute atomic E-state index is 0.271. The molecule has 1 nitrogen and oxygen atoms in total. The zero-order valence-electron chi connectivity index (χ0n) is 9.53. The Morgan fingerprint density at radius 2 is 2.18 bits per heavy atom. The van der Waals surface area contributed by atoms with Gasteiger partial charge in [-0.2, -0.15) is 0 Å². The van der Waals surface area contributed by atoms with Gasteiger partial charge in [0.15, 0.2) is 0 Å². The van der Waals surface area contributed by atoms with Gasteiger partial charge in [-0.3, -0.25) is 0 Å². The molecule has 4 unspecified atom stereocenters. The zero-order valence-corrected chi connectivity index (χ0v) is 13.5. The van der Waals surface area contributed by atoms with Crippen LogP contribution in [0.2, 0.25) is 0 Å². The third kappa shape index (κ3) is 2.51. The van der Waals surface area contributed by atoms with Crippen molar-refractivity contribution in [3.05, 3.63) is 19.2 Å². The number of hydrogen-bond acceptors (Lipinski definition) is 2. The number of rotatable bonds is 3. The SMILES string of the molecule is OC(CC1CC2CCC1C2)c1cc(Br)c(Br)s1. The van der Waals surface area contributed by atoms with E-state index in [4.69, 9.17) is 0 Å². The fraction of sp³-hybridized carbons (Fsp3) is 0.692. The number of thiophene rings is 1. The van der Waals surface area contributed by atoms with Crippen LogP contribution in [-0.2, 0) is 0 Å². The molecule has 17 heavy (non-hydrogen) atoms. The average Bonchev–Trinajstić information content (AvgIpc) is 2.95. The molecule has 2 bridgehead atoms. The van der Waals surface area contributed by atoms with Crippen LogP contribution in [0.5, 0.6) is 0 Å². The van der Waals surface area contributed by atoms with Gasteiger partial charge in [0.05, 0.1) is 9.89 Å². The molecule has 0 amide bonds. The Balaban J connectivity index is 1.65. The van der Waals surface area contributed by atoms with Crippen LogP contribution in [0, 0.1) is 17.8 Å². The van der Waals surface area contributed by atoms with Crippen LogP contribution >= 0.6 is 43.2 Å². The second kappa shape index (κ2) is 4.95. The van der Waals surface area contributed by atoms with Crippen LogP contribution in [-0.4, -0.2) is 5.11 Å². The van der Waals surface area contributed by atoms with Crippen molar-refractivity contribution >= 4 is 43.2 Å². The lowest BCUT2D eigenvalue weighted by Gasteiger charge is -2.23. The van der Waals surface area contributed by atoms with E-state index in [0.29, 0.717) is 0 Å². The predicted molar refractivity (Wildman–Crippen MR) is 78.2 cm³/mol. The van der Waals surface area contributed by atoms with Crippen LogP contribution in [0.15, 0.2) is 14.3 Å². The fourth-order valence-electron chi connectivity index (χ4n) is 3.60. The van der Waals surface area contributed by atoms with Gasteiger partial charge in [0, 0.05) is 9.35 Å². The van der Waals surface area contributed by atoms with Crippen molar-refractivity contribution < 1.29 is 5.11 Å². The van der Waals surface area contributed by atoms with E-state index in [-0.39, 0.29) is 6.10 Å². The molecule has 4 heteroatoms. The highest BCUT2D eigenvalue weighted by molar-refractivity contribution is 9.13. The van der Waals surface area contributed by atoms with E-state index in [1.165, 1.54) is 25.7 Å². The Hall–Kier alpha value is 0.620. The summed E-state index contributed by atoms with van der Waals surface area (Å²) in [4.78, 5) is 1.09. The zero-order chi connectivity index (χ0) is 12.0. The molecule has 3 rings (SSSR count). The van der Waals surface area contributed by atoms with Crippen molar-refractivity contribution in [2.45, 2.75) is 38.2 Å². The summed E-state index contributed by atoms with van der Waals surface area (Å²) in [6.07, 6.45) is 6.31. The lowest BCUT2D eigenvalue weighted by molar-refractivity contribution is 0.128. The molecule has 94 valence electrons. The molecule has 2 saturated carbocycles. The van der Waals surface area contributed by atoms with Crippen LogP contribution in [0.25, 0.3) is 0 Å². The highest BCUT2D eigenvalue weighted by Crippen LogP contribution is 2.51. The molecule has 1 aromatic rings. The number of halogens is 2. The third-order valence-corrected chi connectivity index (χ3v) is 7.76. The van der Waals surface area contributed by atoms with Crippen LogP contribution < -0.4 is 0 Å². The quantitative estimate of drug-likeness (QED) is 0.771. The largest absolute Gasteiger partial charge is 0.388 e. The number of hydrogen-bond donors (Lipinski definition) is 1. The average molecular weight is 380 g/mol.